The first-order chi connectivity index (χ1) is 14.1. The largest absolute Gasteiger partial charge is 0.351 e. The summed E-state index contributed by atoms with van der Waals surface area (Å²) >= 11 is 0. The van der Waals surface area contributed by atoms with Crippen molar-refractivity contribution in [1.82, 2.24) is 25.0 Å². The zero-order valence-electron chi connectivity index (χ0n) is 16.8. The van der Waals surface area contributed by atoms with Gasteiger partial charge in [-0.15, -0.1) is 0 Å². The predicted molar refractivity (Wildman–Crippen MR) is 114 cm³/mol. The van der Waals surface area contributed by atoms with Crippen LogP contribution in [0.1, 0.15) is 35.3 Å². The molecule has 4 N–H and O–H groups in total. The Labute approximate surface area is 169 Å². The summed E-state index contributed by atoms with van der Waals surface area (Å²) in [5, 5.41) is 11.7. The first kappa shape index (κ1) is 19.6. The number of pyridine rings is 1. The molecule has 1 aromatic carbocycles. The van der Waals surface area contributed by atoms with Gasteiger partial charge in [0, 0.05) is 36.3 Å². The summed E-state index contributed by atoms with van der Waals surface area (Å²) in [6.45, 7) is 6.55. The number of carbonyl (C=O) groups excluding carboxylic acids is 1. The number of fused-ring (bicyclic) bond motifs is 3. The second-order valence-corrected chi connectivity index (χ2v) is 7.71. The lowest BCUT2D eigenvalue weighted by Crippen LogP contribution is -2.33. The van der Waals surface area contributed by atoms with Gasteiger partial charge in [-0.1, -0.05) is 0 Å². The highest BCUT2D eigenvalue weighted by molar-refractivity contribution is 6.06. The van der Waals surface area contributed by atoms with Crippen LogP contribution in [0.25, 0.3) is 21.8 Å². The second kappa shape index (κ2) is 8.34. The van der Waals surface area contributed by atoms with Crippen LogP contribution in [-0.2, 0) is 6.54 Å². The number of aromatic nitrogens is 3. The first-order valence-corrected chi connectivity index (χ1v) is 10.3. The normalized spacial score (nSPS) is 14.8. The zero-order chi connectivity index (χ0) is 20.4. The minimum Gasteiger partial charge on any atom is -0.351 e. The lowest BCUT2D eigenvalue weighted by atomic mass is 10.1. The molecule has 3 aromatic rings. The molecule has 1 aliphatic heterocycles. The number of benzene rings is 1. The molecule has 8 heteroatoms. The van der Waals surface area contributed by atoms with E-state index in [1.165, 1.54) is 12.8 Å². The maximum Gasteiger partial charge on any atom is 0.262 e. The van der Waals surface area contributed by atoms with Crippen molar-refractivity contribution in [1.29, 1.82) is 0 Å². The monoisotopic (exact) mass is 396 g/mol. The summed E-state index contributed by atoms with van der Waals surface area (Å²) in [6, 6.07) is 5.47. The molecular formula is C21H28N6O2. The number of nitrogens with zero attached hydrogens (tertiary/aromatic N) is 3. The number of likely N-dealkylation sites (tertiary alicyclic amines) is 1. The van der Waals surface area contributed by atoms with E-state index in [1.807, 2.05) is 13.0 Å². The lowest BCUT2D eigenvalue weighted by Gasteiger charge is -2.15. The van der Waals surface area contributed by atoms with Gasteiger partial charge in [-0.2, -0.15) is 5.10 Å². The van der Waals surface area contributed by atoms with Crippen molar-refractivity contribution in [2.45, 2.75) is 32.7 Å². The van der Waals surface area contributed by atoms with Crippen molar-refractivity contribution in [3.63, 3.8) is 0 Å². The molecule has 0 atom stereocenters. The Balaban J connectivity index is 1.67. The summed E-state index contributed by atoms with van der Waals surface area (Å²) in [5.74, 6) is -0.123. The quantitative estimate of drug-likeness (QED) is 0.559. The SMILES string of the molecule is Cc1[nH]nc2c1c(=O)n(CCCN)c1cc(C(=O)NCCN3CCCC3)ccc21. The highest BCUT2D eigenvalue weighted by Gasteiger charge is 2.17. The van der Waals surface area contributed by atoms with Gasteiger partial charge in [-0.25, -0.2) is 0 Å². The third-order valence-electron chi connectivity index (χ3n) is 5.71. The van der Waals surface area contributed by atoms with Crippen molar-refractivity contribution >= 4 is 27.7 Å². The second-order valence-electron chi connectivity index (χ2n) is 7.71. The van der Waals surface area contributed by atoms with Crippen molar-refractivity contribution in [2.75, 3.05) is 32.7 Å². The topological polar surface area (TPSA) is 109 Å². The number of nitrogens with two attached hydrogens (primary N) is 1. The van der Waals surface area contributed by atoms with E-state index in [0.29, 0.717) is 42.5 Å². The van der Waals surface area contributed by atoms with Gasteiger partial charge in [-0.3, -0.25) is 14.7 Å². The maximum atomic E-state index is 13.1. The molecule has 0 bridgehead atoms. The summed E-state index contributed by atoms with van der Waals surface area (Å²) in [7, 11) is 0. The molecule has 1 amide bonds. The van der Waals surface area contributed by atoms with E-state index in [-0.39, 0.29) is 11.5 Å². The summed E-state index contributed by atoms with van der Waals surface area (Å²) in [4.78, 5) is 28.1. The Kier molecular flexibility index (Phi) is 5.64. The number of nitrogens with one attached hydrogen (secondary N) is 2. The molecule has 29 heavy (non-hydrogen) atoms. The molecule has 0 saturated carbocycles. The molecule has 0 radical (unpaired) electrons. The average molecular weight is 396 g/mol. The van der Waals surface area contributed by atoms with Gasteiger partial charge >= 0.3 is 0 Å². The van der Waals surface area contributed by atoms with Crippen LogP contribution in [-0.4, -0.2) is 58.3 Å². The van der Waals surface area contributed by atoms with Crippen LogP contribution in [0.15, 0.2) is 23.0 Å². The van der Waals surface area contributed by atoms with E-state index in [4.69, 9.17) is 5.73 Å². The van der Waals surface area contributed by atoms with Crippen LogP contribution in [0, 0.1) is 6.92 Å². The van der Waals surface area contributed by atoms with Crippen molar-refractivity contribution in [3.8, 4) is 0 Å². The van der Waals surface area contributed by atoms with Crippen molar-refractivity contribution < 1.29 is 4.79 Å². The Morgan fingerprint density at radius 1 is 1.28 bits per heavy atom. The number of H-pyrrole nitrogens is 1. The molecule has 1 saturated heterocycles. The fraction of sp³-hybridized carbons (Fsp3) is 0.476. The number of carbonyl (C=O) groups is 1. The van der Waals surface area contributed by atoms with Gasteiger partial charge in [0.2, 0.25) is 0 Å². The van der Waals surface area contributed by atoms with Crippen molar-refractivity contribution in [3.05, 3.63) is 39.8 Å². The third-order valence-corrected chi connectivity index (χ3v) is 5.71. The molecule has 8 nitrogen and oxygen atoms in total. The third kappa shape index (κ3) is 3.77. The van der Waals surface area contributed by atoms with Crippen LogP contribution in [0.2, 0.25) is 0 Å². The Morgan fingerprint density at radius 3 is 2.83 bits per heavy atom. The van der Waals surface area contributed by atoms with Crippen molar-refractivity contribution in [2.24, 2.45) is 5.73 Å². The zero-order valence-corrected chi connectivity index (χ0v) is 16.8. The molecule has 0 unspecified atom stereocenters. The van der Waals surface area contributed by atoms with Crippen LogP contribution in [0.5, 0.6) is 0 Å². The van der Waals surface area contributed by atoms with Gasteiger partial charge in [0.15, 0.2) is 0 Å². The molecule has 0 spiro atoms. The van der Waals surface area contributed by atoms with Gasteiger partial charge in [0.05, 0.1) is 10.9 Å². The molecule has 154 valence electrons. The fourth-order valence-corrected chi connectivity index (χ4v) is 4.13. The minimum atomic E-state index is -0.123. The molecular weight excluding hydrogens is 368 g/mol. The van der Waals surface area contributed by atoms with E-state index in [0.717, 1.165) is 36.2 Å². The highest BCUT2D eigenvalue weighted by atomic mass is 16.1. The summed E-state index contributed by atoms with van der Waals surface area (Å²) in [6.07, 6.45) is 3.16. The van der Waals surface area contributed by atoms with E-state index in [1.54, 1.807) is 16.7 Å². The molecule has 1 aliphatic rings. The number of hydrogen-bond acceptors (Lipinski definition) is 5. The van der Waals surface area contributed by atoms with Crippen LogP contribution >= 0.6 is 0 Å². The summed E-state index contributed by atoms with van der Waals surface area (Å²) < 4.78 is 1.72. The molecule has 0 aliphatic carbocycles. The number of rotatable bonds is 7. The van der Waals surface area contributed by atoms with E-state index in [9.17, 15) is 9.59 Å². The number of hydrogen-bond donors (Lipinski definition) is 3. The maximum absolute atomic E-state index is 13.1. The molecule has 4 rings (SSSR count). The smallest absolute Gasteiger partial charge is 0.262 e. The first-order valence-electron chi connectivity index (χ1n) is 10.3. The highest BCUT2D eigenvalue weighted by Crippen LogP contribution is 2.24. The van der Waals surface area contributed by atoms with Crippen LogP contribution in [0.3, 0.4) is 0 Å². The molecule has 3 heterocycles. The fourth-order valence-electron chi connectivity index (χ4n) is 4.13. The Bertz CT molecular complexity index is 1090. The summed E-state index contributed by atoms with van der Waals surface area (Å²) in [5.41, 5.74) is 8.24. The number of aromatic amines is 1. The van der Waals surface area contributed by atoms with Gasteiger partial charge in [0.1, 0.15) is 5.52 Å². The lowest BCUT2D eigenvalue weighted by molar-refractivity contribution is 0.0950. The minimum absolute atomic E-state index is 0.0983. The van der Waals surface area contributed by atoms with E-state index in [2.05, 4.69) is 20.4 Å². The standard InChI is InChI=1S/C21H28N6O2/c1-14-18-19(25-24-14)16-6-5-15(13-17(16)27(21(18)29)11-4-7-22)20(28)23-8-12-26-9-2-3-10-26/h5-6,13H,2-4,7-12,22H2,1H3,(H,23,28)(H,24,25). The van der Waals surface area contributed by atoms with E-state index >= 15 is 0 Å². The van der Waals surface area contributed by atoms with Gasteiger partial charge in [0.25, 0.3) is 11.5 Å². The number of aryl methyl sites for hydroxylation is 2. The Morgan fingerprint density at radius 2 is 2.07 bits per heavy atom. The molecule has 1 fully saturated rings. The van der Waals surface area contributed by atoms with E-state index < -0.39 is 0 Å². The molecule has 2 aromatic heterocycles. The van der Waals surface area contributed by atoms with Crippen LogP contribution in [0.4, 0.5) is 0 Å². The number of amides is 1. The average Bonchev–Trinajstić information content (AvgIpc) is 3.37. The van der Waals surface area contributed by atoms with Gasteiger partial charge < -0.3 is 20.5 Å². The van der Waals surface area contributed by atoms with Gasteiger partial charge in [-0.05, 0) is 64.0 Å². The Hall–Kier alpha value is -2.71. The predicted octanol–water partition coefficient (Wildman–Crippen LogP) is 1.36. The van der Waals surface area contributed by atoms with Crippen LogP contribution < -0.4 is 16.6 Å².